The number of hydrogen-bond acceptors (Lipinski definition) is 5. The van der Waals surface area contributed by atoms with Crippen LogP contribution in [0.2, 0.25) is 0 Å². The number of carbonyl (C=O) groups excluding carboxylic acids is 2. The maximum Gasteiger partial charge on any atom is 0.254 e. The van der Waals surface area contributed by atoms with Gasteiger partial charge in [0.2, 0.25) is 0 Å². The lowest BCUT2D eigenvalue weighted by atomic mass is 9.68. The fraction of sp³-hybridized carbons (Fsp3) is 0.273. The third-order valence-corrected chi connectivity index (χ3v) is 7.30. The number of hydrogen-bond donors (Lipinski definition) is 2. The Morgan fingerprint density at radius 2 is 1.67 bits per heavy atom. The summed E-state index contributed by atoms with van der Waals surface area (Å²) < 4.78 is 11.4. The minimum Gasteiger partial charge on any atom is -0.495 e. The van der Waals surface area contributed by atoms with Gasteiger partial charge in [0.15, 0.2) is 5.78 Å². The van der Waals surface area contributed by atoms with E-state index in [1.54, 1.807) is 19.2 Å². The number of methoxy groups -OCH3 is 1. The van der Waals surface area contributed by atoms with Crippen molar-refractivity contribution in [1.82, 2.24) is 5.32 Å². The molecule has 3 aromatic rings. The standard InChI is InChI=1S/C33H34N2O4/c1-21-29(32(37)35-25-12-8-9-13-28(25)38-4)30(31-26(34-21)18-33(2,3)19-27(31)36)23-14-16-24(17-15-23)39-20-22-10-6-5-7-11-22/h5-17,30,34H,18-20H2,1-4H3,(H,35,37)/t30-/m0/s1. The number of amides is 1. The van der Waals surface area contributed by atoms with Crippen LogP contribution in [0.25, 0.3) is 0 Å². The molecular weight excluding hydrogens is 488 g/mol. The van der Waals surface area contributed by atoms with E-state index in [-0.39, 0.29) is 17.1 Å². The number of para-hydroxylation sites is 2. The minimum atomic E-state index is -0.497. The predicted octanol–water partition coefficient (Wildman–Crippen LogP) is 6.52. The van der Waals surface area contributed by atoms with Crippen LogP contribution in [0.3, 0.4) is 0 Å². The number of carbonyl (C=O) groups is 2. The lowest BCUT2D eigenvalue weighted by Crippen LogP contribution is -2.39. The molecule has 0 saturated carbocycles. The van der Waals surface area contributed by atoms with Gasteiger partial charge >= 0.3 is 0 Å². The van der Waals surface area contributed by atoms with Gasteiger partial charge in [0.25, 0.3) is 5.91 Å². The predicted molar refractivity (Wildman–Crippen MR) is 152 cm³/mol. The third kappa shape index (κ3) is 5.60. The summed E-state index contributed by atoms with van der Waals surface area (Å²) in [6.07, 6.45) is 1.17. The van der Waals surface area contributed by atoms with E-state index in [0.29, 0.717) is 35.6 Å². The Labute approximate surface area is 229 Å². The maximum absolute atomic E-state index is 13.8. The SMILES string of the molecule is COc1ccccc1NC(=O)C1=C(C)NC2=C(C(=O)CC(C)(C)C2)[C@H]1c1ccc(OCc2ccccc2)cc1. The molecule has 3 aromatic carbocycles. The van der Waals surface area contributed by atoms with E-state index in [9.17, 15) is 9.59 Å². The highest BCUT2D eigenvalue weighted by Crippen LogP contribution is 2.47. The number of ketones is 1. The molecule has 0 saturated heterocycles. The molecule has 1 amide bonds. The molecule has 1 atom stereocenters. The molecule has 0 radical (unpaired) electrons. The van der Waals surface area contributed by atoms with E-state index in [2.05, 4.69) is 24.5 Å². The van der Waals surface area contributed by atoms with E-state index in [0.717, 1.165) is 34.7 Å². The molecule has 1 heterocycles. The van der Waals surface area contributed by atoms with Gasteiger partial charge in [0.1, 0.15) is 18.1 Å². The second-order valence-electron chi connectivity index (χ2n) is 10.9. The van der Waals surface area contributed by atoms with Gasteiger partial charge in [-0.15, -0.1) is 0 Å². The number of nitrogens with one attached hydrogen (secondary N) is 2. The monoisotopic (exact) mass is 522 g/mol. The Morgan fingerprint density at radius 3 is 2.38 bits per heavy atom. The molecule has 1 aliphatic carbocycles. The lowest BCUT2D eigenvalue weighted by Gasteiger charge is -2.39. The number of ether oxygens (including phenoxy) is 2. The highest BCUT2D eigenvalue weighted by atomic mass is 16.5. The van der Waals surface area contributed by atoms with Gasteiger partial charge in [-0.25, -0.2) is 0 Å². The third-order valence-electron chi connectivity index (χ3n) is 7.30. The van der Waals surface area contributed by atoms with Crippen molar-refractivity contribution in [3.63, 3.8) is 0 Å². The molecule has 6 nitrogen and oxygen atoms in total. The van der Waals surface area contributed by atoms with Gasteiger partial charge in [0, 0.05) is 34.9 Å². The first kappa shape index (κ1) is 26.3. The van der Waals surface area contributed by atoms with Crippen molar-refractivity contribution in [2.24, 2.45) is 5.41 Å². The van der Waals surface area contributed by atoms with E-state index >= 15 is 0 Å². The van der Waals surface area contributed by atoms with Crippen LogP contribution in [0.1, 0.15) is 50.7 Å². The van der Waals surface area contributed by atoms with Crippen LogP contribution in [0.15, 0.2) is 101 Å². The van der Waals surface area contributed by atoms with Crippen LogP contribution in [0.5, 0.6) is 11.5 Å². The molecule has 0 bridgehead atoms. The van der Waals surface area contributed by atoms with Crippen molar-refractivity contribution in [1.29, 1.82) is 0 Å². The molecule has 5 rings (SSSR count). The molecule has 39 heavy (non-hydrogen) atoms. The Hall–Kier alpha value is -4.32. The summed E-state index contributed by atoms with van der Waals surface area (Å²) in [7, 11) is 1.57. The summed E-state index contributed by atoms with van der Waals surface area (Å²) in [4.78, 5) is 27.4. The fourth-order valence-corrected chi connectivity index (χ4v) is 5.51. The summed E-state index contributed by atoms with van der Waals surface area (Å²) in [6.45, 7) is 6.57. The van der Waals surface area contributed by atoms with Crippen molar-refractivity contribution in [3.05, 3.63) is 113 Å². The molecule has 6 heteroatoms. The number of anilines is 1. The van der Waals surface area contributed by atoms with Crippen LogP contribution in [-0.2, 0) is 16.2 Å². The Bertz CT molecular complexity index is 1450. The van der Waals surface area contributed by atoms with Gasteiger partial charge < -0.3 is 20.1 Å². The quantitative estimate of drug-likeness (QED) is 0.370. The van der Waals surface area contributed by atoms with E-state index in [1.165, 1.54) is 0 Å². The van der Waals surface area contributed by atoms with E-state index in [4.69, 9.17) is 9.47 Å². The molecule has 1 aliphatic heterocycles. The van der Waals surface area contributed by atoms with Crippen molar-refractivity contribution in [3.8, 4) is 11.5 Å². The number of allylic oxidation sites excluding steroid dienone is 3. The molecular formula is C33H34N2O4. The first-order valence-electron chi connectivity index (χ1n) is 13.2. The second kappa shape index (κ2) is 10.8. The average Bonchev–Trinajstić information content (AvgIpc) is 2.91. The number of rotatable bonds is 7. The lowest BCUT2D eigenvalue weighted by molar-refractivity contribution is -0.118. The first-order valence-corrected chi connectivity index (χ1v) is 13.2. The van der Waals surface area contributed by atoms with E-state index < -0.39 is 5.92 Å². The Kier molecular flexibility index (Phi) is 7.29. The first-order chi connectivity index (χ1) is 18.8. The van der Waals surface area contributed by atoms with Gasteiger partial charge in [-0.2, -0.15) is 0 Å². The summed E-state index contributed by atoms with van der Waals surface area (Å²) in [5.41, 5.74) is 5.20. The Balaban J connectivity index is 1.49. The molecule has 0 unspecified atom stereocenters. The van der Waals surface area contributed by atoms with Crippen molar-refractivity contribution in [2.75, 3.05) is 12.4 Å². The molecule has 0 fully saturated rings. The van der Waals surface area contributed by atoms with Crippen LogP contribution in [0, 0.1) is 5.41 Å². The highest BCUT2D eigenvalue weighted by molar-refractivity contribution is 6.10. The van der Waals surface area contributed by atoms with Gasteiger partial charge in [0.05, 0.1) is 12.8 Å². The summed E-state index contributed by atoms with van der Waals surface area (Å²) in [6, 6.07) is 25.0. The zero-order chi connectivity index (χ0) is 27.6. The van der Waals surface area contributed by atoms with Crippen molar-refractivity contribution < 1.29 is 19.1 Å². The van der Waals surface area contributed by atoms with Crippen LogP contribution in [-0.4, -0.2) is 18.8 Å². The van der Waals surface area contributed by atoms with Crippen molar-refractivity contribution >= 4 is 17.4 Å². The topological polar surface area (TPSA) is 76.7 Å². The fourth-order valence-electron chi connectivity index (χ4n) is 5.51. The number of benzene rings is 3. The number of Topliss-reactive ketones (excluding diaryl/α,β-unsaturated/α-hetero) is 1. The maximum atomic E-state index is 13.8. The van der Waals surface area contributed by atoms with Crippen LogP contribution < -0.4 is 20.1 Å². The average molecular weight is 523 g/mol. The van der Waals surface area contributed by atoms with Crippen LogP contribution >= 0.6 is 0 Å². The van der Waals surface area contributed by atoms with Crippen molar-refractivity contribution in [2.45, 2.75) is 46.1 Å². The van der Waals surface area contributed by atoms with Gasteiger partial charge in [-0.3, -0.25) is 9.59 Å². The largest absolute Gasteiger partial charge is 0.495 e. The highest BCUT2D eigenvalue weighted by Gasteiger charge is 2.42. The van der Waals surface area contributed by atoms with E-state index in [1.807, 2.05) is 73.7 Å². The summed E-state index contributed by atoms with van der Waals surface area (Å²) in [5, 5.41) is 6.44. The minimum absolute atomic E-state index is 0.0678. The molecule has 0 spiro atoms. The normalized spacial score (nSPS) is 18.3. The summed E-state index contributed by atoms with van der Waals surface area (Å²) >= 11 is 0. The zero-order valence-corrected chi connectivity index (χ0v) is 22.8. The van der Waals surface area contributed by atoms with Gasteiger partial charge in [-0.05, 0) is 54.2 Å². The summed E-state index contributed by atoms with van der Waals surface area (Å²) in [5.74, 6) is 0.589. The Morgan fingerprint density at radius 1 is 0.974 bits per heavy atom. The van der Waals surface area contributed by atoms with Crippen LogP contribution in [0.4, 0.5) is 5.69 Å². The van der Waals surface area contributed by atoms with Gasteiger partial charge in [-0.1, -0.05) is 68.4 Å². The second-order valence-corrected chi connectivity index (χ2v) is 10.9. The molecule has 2 N–H and O–H groups in total. The molecule has 200 valence electrons. The zero-order valence-electron chi connectivity index (χ0n) is 22.8. The molecule has 0 aromatic heterocycles. The smallest absolute Gasteiger partial charge is 0.254 e. The molecule has 2 aliphatic rings. The number of dihydropyridines is 1.